The third-order valence-electron chi connectivity index (χ3n) is 2.94. The number of benzene rings is 1. The van der Waals surface area contributed by atoms with Crippen molar-refractivity contribution in [2.24, 2.45) is 5.90 Å². The SMILES string of the molecule is NOc1ccccc1CN1CCCCC1. The first-order valence-corrected chi connectivity index (χ1v) is 5.57. The fraction of sp³-hybridized carbons (Fsp3) is 0.500. The van der Waals surface area contributed by atoms with Gasteiger partial charge >= 0.3 is 0 Å². The molecule has 0 aliphatic carbocycles. The minimum atomic E-state index is 0.795. The van der Waals surface area contributed by atoms with E-state index in [1.165, 1.54) is 37.9 Å². The topological polar surface area (TPSA) is 38.5 Å². The Bertz CT molecular complexity index is 308. The molecule has 1 fully saturated rings. The van der Waals surface area contributed by atoms with Gasteiger partial charge in [-0.25, -0.2) is 0 Å². The lowest BCUT2D eigenvalue weighted by molar-refractivity contribution is 0.216. The average molecular weight is 206 g/mol. The third-order valence-corrected chi connectivity index (χ3v) is 2.94. The summed E-state index contributed by atoms with van der Waals surface area (Å²) >= 11 is 0. The van der Waals surface area contributed by atoms with Crippen molar-refractivity contribution in [3.63, 3.8) is 0 Å². The van der Waals surface area contributed by atoms with Gasteiger partial charge in [-0.2, -0.15) is 5.90 Å². The molecule has 3 heteroatoms. The van der Waals surface area contributed by atoms with Crippen LogP contribution in [0.5, 0.6) is 5.75 Å². The van der Waals surface area contributed by atoms with Crippen molar-refractivity contribution < 1.29 is 4.84 Å². The largest absolute Gasteiger partial charge is 0.411 e. The molecule has 0 radical (unpaired) electrons. The molecule has 0 spiro atoms. The molecule has 0 saturated carbocycles. The first-order valence-electron chi connectivity index (χ1n) is 5.57. The van der Waals surface area contributed by atoms with Gasteiger partial charge < -0.3 is 4.84 Å². The molecule has 15 heavy (non-hydrogen) atoms. The van der Waals surface area contributed by atoms with Crippen LogP contribution in [0.2, 0.25) is 0 Å². The number of nitrogens with two attached hydrogens (primary N) is 1. The highest BCUT2D eigenvalue weighted by Gasteiger charge is 2.12. The number of piperidine rings is 1. The van der Waals surface area contributed by atoms with Crippen LogP contribution in [-0.4, -0.2) is 18.0 Å². The Morgan fingerprint density at radius 1 is 1.13 bits per heavy atom. The van der Waals surface area contributed by atoms with Crippen LogP contribution >= 0.6 is 0 Å². The molecule has 82 valence electrons. The Morgan fingerprint density at radius 2 is 1.87 bits per heavy atom. The van der Waals surface area contributed by atoms with E-state index in [0.717, 1.165) is 12.3 Å². The Kier molecular flexibility index (Phi) is 3.59. The van der Waals surface area contributed by atoms with Crippen molar-refractivity contribution >= 4 is 0 Å². The van der Waals surface area contributed by atoms with Gasteiger partial charge in [-0.3, -0.25) is 4.90 Å². The number of para-hydroxylation sites is 1. The van der Waals surface area contributed by atoms with E-state index < -0.39 is 0 Å². The third kappa shape index (κ3) is 2.70. The summed E-state index contributed by atoms with van der Waals surface area (Å²) in [5, 5.41) is 0. The Hall–Kier alpha value is -1.06. The maximum atomic E-state index is 5.24. The summed E-state index contributed by atoms with van der Waals surface area (Å²) in [7, 11) is 0. The van der Waals surface area contributed by atoms with E-state index in [1.807, 2.05) is 18.2 Å². The molecule has 0 amide bonds. The van der Waals surface area contributed by atoms with E-state index in [9.17, 15) is 0 Å². The lowest BCUT2D eigenvalue weighted by atomic mass is 10.1. The van der Waals surface area contributed by atoms with E-state index >= 15 is 0 Å². The van der Waals surface area contributed by atoms with Crippen molar-refractivity contribution in [2.75, 3.05) is 13.1 Å². The van der Waals surface area contributed by atoms with Crippen molar-refractivity contribution in [1.82, 2.24) is 4.90 Å². The summed E-state index contributed by atoms with van der Waals surface area (Å²) in [4.78, 5) is 7.32. The van der Waals surface area contributed by atoms with Gasteiger partial charge in [0.25, 0.3) is 0 Å². The predicted molar refractivity (Wildman–Crippen MR) is 60.4 cm³/mol. The fourth-order valence-electron chi connectivity index (χ4n) is 2.11. The molecule has 1 saturated heterocycles. The molecule has 0 bridgehead atoms. The Labute approximate surface area is 90.8 Å². The lowest BCUT2D eigenvalue weighted by Gasteiger charge is -2.26. The van der Waals surface area contributed by atoms with Gasteiger partial charge in [-0.05, 0) is 32.0 Å². The second-order valence-electron chi connectivity index (χ2n) is 4.06. The van der Waals surface area contributed by atoms with Crippen LogP contribution in [-0.2, 0) is 6.54 Å². The van der Waals surface area contributed by atoms with Crippen molar-refractivity contribution in [3.8, 4) is 5.75 Å². The van der Waals surface area contributed by atoms with Crippen LogP contribution < -0.4 is 10.7 Å². The fourth-order valence-corrected chi connectivity index (χ4v) is 2.11. The van der Waals surface area contributed by atoms with Crippen LogP contribution in [0.3, 0.4) is 0 Å². The summed E-state index contributed by atoms with van der Waals surface area (Å²) in [6.45, 7) is 3.34. The summed E-state index contributed by atoms with van der Waals surface area (Å²) in [6, 6.07) is 7.97. The van der Waals surface area contributed by atoms with Gasteiger partial charge in [0.05, 0.1) is 0 Å². The predicted octanol–water partition coefficient (Wildman–Crippen LogP) is 1.93. The van der Waals surface area contributed by atoms with Crippen LogP contribution in [0.15, 0.2) is 24.3 Å². The van der Waals surface area contributed by atoms with Crippen molar-refractivity contribution in [1.29, 1.82) is 0 Å². The maximum Gasteiger partial charge on any atom is 0.151 e. The summed E-state index contributed by atoms with van der Waals surface area (Å²) in [5.41, 5.74) is 1.18. The zero-order valence-electron chi connectivity index (χ0n) is 8.98. The van der Waals surface area contributed by atoms with E-state index in [4.69, 9.17) is 10.7 Å². The first kappa shape index (κ1) is 10.5. The zero-order chi connectivity index (χ0) is 10.5. The molecule has 2 N–H and O–H groups in total. The highest BCUT2D eigenvalue weighted by atomic mass is 16.6. The van der Waals surface area contributed by atoms with Gasteiger partial charge in [0.1, 0.15) is 0 Å². The highest BCUT2D eigenvalue weighted by molar-refractivity contribution is 5.32. The molecule has 2 rings (SSSR count). The van der Waals surface area contributed by atoms with Crippen LogP contribution in [0.4, 0.5) is 0 Å². The molecular formula is C12H18N2O. The normalized spacial score (nSPS) is 17.7. The number of nitrogens with zero attached hydrogens (tertiary/aromatic N) is 1. The first-order chi connectivity index (χ1) is 7.40. The molecule has 1 aliphatic heterocycles. The standard InChI is InChI=1S/C12H18N2O/c13-15-12-7-3-2-6-11(12)10-14-8-4-1-5-9-14/h2-3,6-7H,1,4-5,8-10,13H2. The lowest BCUT2D eigenvalue weighted by Crippen LogP contribution is -2.29. The molecule has 1 aromatic carbocycles. The van der Waals surface area contributed by atoms with Gasteiger partial charge in [-0.1, -0.05) is 24.6 Å². The molecule has 0 atom stereocenters. The molecule has 0 aromatic heterocycles. The Balaban J connectivity index is 2.02. The monoisotopic (exact) mass is 206 g/mol. The average Bonchev–Trinajstić information content (AvgIpc) is 2.31. The van der Waals surface area contributed by atoms with E-state index in [0.29, 0.717) is 0 Å². The maximum absolute atomic E-state index is 5.24. The summed E-state index contributed by atoms with van der Waals surface area (Å²) in [5.74, 6) is 6.03. The summed E-state index contributed by atoms with van der Waals surface area (Å²) in [6.07, 6.45) is 3.99. The molecule has 1 aromatic rings. The zero-order valence-corrected chi connectivity index (χ0v) is 8.98. The molecule has 1 aliphatic rings. The molecule has 3 nitrogen and oxygen atoms in total. The van der Waals surface area contributed by atoms with E-state index in [2.05, 4.69) is 11.0 Å². The number of likely N-dealkylation sites (tertiary alicyclic amines) is 1. The smallest absolute Gasteiger partial charge is 0.151 e. The second kappa shape index (κ2) is 5.14. The van der Waals surface area contributed by atoms with Gasteiger partial charge in [0.15, 0.2) is 5.75 Å². The van der Waals surface area contributed by atoms with Crippen molar-refractivity contribution in [2.45, 2.75) is 25.8 Å². The number of hydrogen-bond acceptors (Lipinski definition) is 3. The second-order valence-corrected chi connectivity index (χ2v) is 4.06. The highest BCUT2D eigenvalue weighted by Crippen LogP contribution is 2.20. The molecule has 0 unspecified atom stereocenters. The van der Waals surface area contributed by atoms with E-state index in [1.54, 1.807) is 0 Å². The number of hydrogen-bond donors (Lipinski definition) is 1. The van der Waals surface area contributed by atoms with Gasteiger partial charge in [0, 0.05) is 12.1 Å². The molecule has 1 heterocycles. The van der Waals surface area contributed by atoms with Crippen molar-refractivity contribution in [3.05, 3.63) is 29.8 Å². The van der Waals surface area contributed by atoms with Gasteiger partial charge in [-0.15, -0.1) is 0 Å². The van der Waals surface area contributed by atoms with Crippen LogP contribution in [0, 0.1) is 0 Å². The van der Waals surface area contributed by atoms with Crippen LogP contribution in [0.1, 0.15) is 24.8 Å². The number of rotatable bonds is 3. The molecular weight excluding hydrogens is 188 g/mol. The Morgan fingerprint density at radius 3 is 2.60 bits per heavy atom. The van der Waals surface area contributed by atoms with Crippen LogP contribution in [0.25, 0.3) is 0 Å². The minimum absolute atomic E-state index is 0.795. The summed E-state index contributed by atoms with van der Waals surface area (Å²) < 4.78 is 0. The quantitative estimate of drug-likeness (QED) is 0.768. The van der Waals surface area contributed by atoms with Gasteiger partial charge in [0.2, 0.25) is 0 Å². The van der Waals surface area contributed by atoms with E-state index in [-0.39, 0.29) is 0 Å². The minimum Gasteiger partial charge on any atom is -0.411 e.